The third-order valence-corrected chi connectivity index (χ3v) is 10.6. The van der Waals surface area contributed by atoms with E-state index in [1.807, 2.05) is 11.0 Å². The van der Waals surface area contributed by atoms with Crippen LogP contribution in [0.5, 0.6) is 6.01 Å². The normalized spacial score (nSPS) is 26.9. The number of fused-ring (bicyclic) bond motifs is 5. The number of β-amino-alcohol motifs (C(OH)–C–C–N with tert-alkyl or cyclic N) is 1. The molecule has 11 nitrogen and oxygen atoms in total. The second-order valence-electron chi connectivity index (χ2n) is 13.9. The lowest BCUT2D eigenvalue weighted by Gasteiger charge is -2.31. The Balaban J connectivity index is 1.25. The first-order chi connectivity index (χ1) is 22.7. The molecule has 4 aromatic heterocycles. The van der Waals surface area contributed by atoms with Gasteiger partial charge in [-0.05, 0) is 56.7 Å². The summed E-state index contributed by atoms with van der Waals surface area (Å²) in [7, 11) is 0. The minimum absolute atomic E-state index is 0.00352. The van der Waals surface area contributed by atoms with Gasteiger partial charge < -0.3 is 23.9 Å². The van der Waals surface area contributed by atoms with Crippen molar-refractivity contribution in [3.8, 4) is 17.3 Å². The van der Waals surface area contributed by atoms with Crippen LogP contribution in [0.3, 0.4) is 0 Å². The maximum atomic E-state index is 17.1. The molecule has 9 rings (SSSR count). The van der Waals surface area contributed by atoms with Gasteiger partial charge in [0.25, 0.3) is 0 Å². The minimum atomic E-state index is -1.18. The molecule has 47 heavy (non-hydrogen) atoms. The first kappa shape index (κ1) is 29.5. The fourth-order valence-corrected chi connectivity index (χ4v) is 8.49. The SMILES string of the molecule is C[C@@]1(O)COCCN(c2nc(OC[C@@]34CCCN3C[C@H](F)C4)nc3c(F)c4c(-c5c(C6CC6)c(Cl)cc6[nH]ncc56)nccn4c23)C1. The molecule has 246 valence electrons. The summed E-state index contributed by atoms with van der Waals surface area (Å²) in [5, 5.41) is 19.8. The molecule has 0 unspecified atom stereocenters. The Morgan fingerprint density at radius 3 is 2.96 bits per heavy atom. The molecule has 0 spiro atoms. The van der Waals surface area contributed by atoms with Gasteiger partial charge in [-0.2, -0.15) is 15.1 Å². The van der Waals surface area contributed by atoms with Crippen molar-refractivity contribution in [2.45, 2.75) is 62.3 Å². The summed E-state index contributed by atoms with van der Waals surface area (Å²) in [6, 6.07) is 1.87. The smallest absolute Gasteiger partial charge is 0.319 e. The summed E-state index contributed by atoms with van der Waals surface area (Å²) >= 11 is 6.86. The predicted molar refractivity (Wildman–Crippen MR) is 173 cm³/mol. The third-order valence-electron chi connectivity index (χ3n) is 10.3. The maximum Gasteiger partial charge on any atom is 0.319 e. The second kappa shape index (κ2) is 10.7. The van der Waals surface area contributed by atoms with Crippen molar-refractivity contribution in [3.63, 3.8) is 0 Å². The van der Waals surface area contributed by atoms with E-state index in [1.54, 1.807) is 29.9 Å². The van der Waals surface area contributed by atoms with Crippen molar-refractivity contribution >= 4 is 44.9 Å². The van der Waals surface area contributed by atoms with E-state index in [9.17, 15) is 9.50 Å². The number of hydrogen-bond donors (Lipinski definition) is 2. The molecular weight excluding hydrogens is 630 g/mol. The average Bonchev–Trinajstić information content (AvgIpc) is 3.45. The van der Waals surface area contributed by atoms with Gasteiger partial charge in [-0.3, -0.25) is 15.0 Å². The predicted octanol–water partition coefficient (Wildman–Crippen LogP) is 5.03. The van der Waals surface area contributed by atoms with Crippen LogP contribution in [0.1, 0.15) is 50.5 Å². The molecule has 0 bridgehead atoms. The van der Waals surface area contributed by atoms with Crippen molar-refractivity contribution in [1.29, 1.82) is 0 Å². The van der Waals surface area contributed by atoms with Crippen LogP contribution >= 0.6 is 11.6 Å². The number of halogens is 3. The van der Waals surface area contributed by atoms with Crippen LogP contribution in [0.25, 0.3) is 38.7 Å². The van der Waals surface area contributed by atoms with Crippen LogP contribution in [0.2, 0.25) is 5.02 Å². The van der Waals surface area contributed by atoms with Gasteiger partial charge in [-0.25, -0.2) is 8.78 Å². The van der Waals surface area contributed by atoms with Crippen LogP contribution in [-0.2, 0) is 4.74 Å². The molecule has 1 aromatic carbocycles. The Labute approximate surface area is 273 Å². The van der Waals surface area contributed by atoms with Gasteiger partial charge in [0.2, 0.25) is 0 Å². The van der Waals surface area contributed by atoms with Crippen LogP contribution < -0.4 is 9.64 Å². The maximum absolute atomic E-state index is 17.1. The fourth-order valence-electron chi connectivity index (χ4n) is 8.13. The zero-order chi connectivity index (χ0) is 32.1. The van der Waals surface area contributed by atoms with E-state index in [0.29, 0.717) is 48.2 Å². The lowest BCUT2D eigenvalue weighted by atomic mass is 9.95. The Bertz CT molecular complexity index is 2050. The number of nitrogens with one attached hydrogen (secondary N) is 1. The molecule has 5 aromatic rings. The summed E-state index contributed by atoms with van der Waals surface area (Å²) in [4.78, 5) is 18.3. The van der Waals surface area contributed by atoms with E-state index >= 15 is 4.39 Å². The Morgan fingerprint density at radius 1 is 1.23 bits per heavy atom. The van der Waals surface area contributed by atoms with Crippen LogP contribution in [0, 0.1) is 5.82 Å². The number of aliphatic hydroxyl groups is 1. The molecule has 1 saturated carbocycles. The average molecular weight is 665 g/mol. The lowest BCUT2D eigenvalue weighted by Crippen LogP contribution is -2.44. The van der Waals surface area contributed by atoms with E-state index in [-0.39, 0.29) is 42.7 Å². The molecule has 4 fully saturated rings. The minimum Gasteiger partial charge on any atom is -0.461 e. The summed E-state index contributed by atoms with van der Waals surface area (Å²) in [6.45, 7) is 4.22. The van der Waals surface area contributed by atoms with Crippen LogP contribution in [0.15, 0.2) is 24.7 Å². The van der Waals surface area contributed by atoms with Crippen molar-refractivity contribution in [3.05, 3.63) is 41.1 Å². The molecule has 3 aliphatic heterocycles. The molecule has 0 radical (unpaired) electrons. The monoisotopic (exact) mass is 664 g/mol. The number of ether oxygens (including phenoxy) is 2. The van der Waals surface area contributed by atoms with Crippen molar-refractivity contribution in [2.24, 2.45) is 0 Å². The highest BCUT2D eigenvalue weighted by Gasteiger charge is 2.49. The number of aromatic amines is 1. The summed E-state index contributed by atoms with van der Waals surface area (Å²) in [5.74, 6) is 0.0810. The molecule has 3 saturated heterocycles. The number of alkyl halides is 1. The number of benzene rings is 1. The first-order valence-electron chi connectivity index (χ1n) is 16.3. The highest BCUT2D eigenvalue weighted by Crippen LogP contribution is 2.51. The third kappa shape index (κ3) is 4.76. The fraction of sp³-hybridized carbons (Fsp3) is 0.515. The van der Waals surface area contributed by atoms with Crippen molar-refractivity contribution in [1.82, 2.24) is 34.4 Å². The molecule has 3 atom stereocenters. The highest BCUT2D eigenvalue weighted by molar-refractivity contribution is 6.33. The van der Waals surface area contributed by atoms with E-state index < -0.39 is 23.1 Å². The van der Waals surface area contributed by atoms with Gasteiger partial charge in [-0.15, -0.1) is 0 Å². The Morgan fingerprint density at radius 2 is 2.11 bits per heavy atom. The molecule has 7 heterocycles. The van der Waals surface area contributed by atoms with Gasteiger partial charge in [0.15, 0.2) is 11.6 Å². The van der Waals surface area contributed by atoms with Gasteiger partial charge in [-0.1, -0.05) is 11.6 Å². The molecule has 1 aliphatic carbocycles. The standard InChI is InChI=1S/C33H35ClF2N8O3/c1-32(45)15-42(9-10-46-16-32)30-29-27(39-31(40-30)47-17-33-5-2-7-43(33)14-19(35)12-33)25(36)28-26(37-6-8-44(28)29)24-20-13-38-41-22(20)11-21(34)23(24)18-3-4-18/h6,8,11,13,18-19,45H,2-5,7,9-10,12,14-17H2,1H3,(H,38,41)/t19-,32+,33+/m1/s1. The Kier molecular flexibility index (Phi) is 6.70. The van der Waals surface area contributed by atoms with Gasteiger partial charge >= 0.3 is 6.01 Å². The zero-order valence-corrected chi connectivity index (χ0v) is 26.7. The summed E-state index contributed by atoms with van der Waals surface area (Å²) in [6.07, 6.45) is 8.31. The molecular formula is C33H35ClF2N8O3. The quantitative estimate of drug-likeness (QED) is 0.258. The topological polar surface area (TPSA) is 117 Å². The van der Waals surface area contributed by atoms with E-state index in [0.717, 1.165) is 54.3 Å². The first-order valence-corrected chi connectivity index (χ1v) is 16.7. The van der Waals surface area contributed by atoms with Gasteiger partial charge in [0.1, 0.15) is 34.9 Å². The van der Waals surface area contributed by atoms with Gasteiger partial charge in [0, 0.05) is 47.9 Å². The van der Waals surface area contributed by atoms with Crippen molar-refractivity contribution in [2.75, 3.05) is 50.9 Å². The Hall–Kier alpha value is -3.65. The van der Waals surface area contributed by atoms with E-state index in [1.165, 1.54) is 0 Å². The molecule has 4 aliphatic rings. The summed E-state index contributed by atoms with van der Waals surface area (Å²) < 4.78 is 45.4. The zero-order valence-electron chi connectivity index (χ0n) is 26.0. The molecule has 14 heteroatoms. The molecule has 0 amide bonds. The van der Waals surface area contributed by atoms with Crippen LogP contribution in [0.4, 0.5) is 14.6 Å². The summed E-state index contributed by atoms with van der Waals surface area (Å²) in [5.41, 5.74) is 1.97. The largest absolute Gasteiger partial charge is 0.461 e. The van der Waals surface area contributed by atoms with E-state index in [2.05, 4.69) is 20.1 Å². The van der Waals surface area contributed by atoms with E-state index in [4.69, 9.17) is 31.0 Å². The lowest BCUT2D eigenvalue weighted by molar-refractivity contribution is -0.0123. The van der Waals surface area contributed by atoms with Crippen LogP contribution in [-0.4, -0.2) is 103 Å². The van der Waals surface area contributed by atoms with Crippen molar-refractivity contribution < 1.29 is 23.4 Å². The molecule has 2 N–H and O–H groups in total. The number of aromatic nitrogens is 6. The highest BCUT2D eigenvalue weighted by atomic mass is 35.5. The second-order valence-corrected chi connectivity index (χ2v) is 14.3. The number of H-pyrrole nitrogens is 1. The van der Waals surface area contributed by atoms with Gasteiger partial charge in [0.05, 0.1) is 42.7 Å². The number of hydrogen-bond acceptors (Lipinski definition) is 9. The number of anilines is 1. The number of nitrogens with zero attached hydrogens (tertiary/aromatic N) is 7. The number of rotatable bonds is 6.